The number of aliphatic carboxylic acids is 1. The van der Waals surface area contributed by atoms with Gasteiger partial charge in [-0.15, -0.1) is 0 Å². The minimum Gasteiger partial charge on any atom is -0.480 e. The van der Waals surface area contributed by atoms with Crippen molar-refractivity contribution in [3.05, 3.63) is 0 Å². The van der Waals surface area contributed by atoms with Crippen LogP contribution in [0.1, 0.15) is 46.0 Å². The van der Waals surface area contributed by atoms with Crippen LogP contribution in [0.2, 0.25) is 0 Å². The fraction of sp³-hybridized carbons (Fsp3) is 0.857. The standard InChI is InChI=1S/C14H24N2O3/c1-14(2)7-8-15(10-14)13(19)16(9-12(17)18)11-5-3-4-6-11/h11H,3-10H2,1-2H3,(H,17,18). The molecule has 0 aromatic heterocycles. The van der Waals surface area contributed by atoms with E-state index in [-0.39, 0.29) is 24.0 Å². The average molecular weight is 268 g/mol. The number of amides is 2. The van der Waals surface area contributed by atoms with Gasteiger partial charge in [0.1, 0.15) is 6.54 Å². The molecule has 1 aliphatic carbocycles. The number of urea groups is 1. The summed E-state index contributed by atoms with van der Waals surface area (Å²) in [5, 5.41) is 9.03. The molecule has 0 aromatic rings. The molecular weight excluding hydrogens is 244 g/mol. The molecule has 19 heavy (non-hydrogen) atoms. The summed E-state index contributed by atoms with van der Waals surface area (Å²) >= 11 is 0. The first kappa shape index (κ1) is 14.2. The molecule has 0 atom stereocenters. The molecule has 0 spiro atoms. The van der Waals surface area contributed by atoms with Crippen LogP contribution >= 0.6 is 0 Å². The Morgan fingerprint density at radius 2 is 1.95 bits per heavy atom. The first-order valence-corrected chi connectivity index (χ1v) is 7.16. The molecule has 108 valence electrons. The van der Waals surface area contributed by atoms with E-state index in [9.17, 15) is 9.59 Å². The van der Waals surface area contributed by atoms with Crippen LogP contribution in [0.15, 0.2) is 0 Å². The number of hydrogen-bond donors (Lipinski definition) is 1. The summed E-state index contributed by atoms with van der Waals surface area (Å²) in [6.07, 6.45) is 5.07. The Labute approximate surface area is 114 Å². The lowest BCUT2D eigenvalue weighted by Crippen LogP contribution is -2.49. The molecule has 2 aliphatic rings. The van der Waals surface area contributed by atoms with Crippen LogP contribution in [-0.4, -0.2) is 52.6 Å². The van der Waals surface area contributed by atoms with Crippen LogP contribution in [0.5, 0.6) is 0 Å². The van der Waals surface area contributed by atoms with Crippen molar-refractivity contribution in [3.8, 4) is 0 Å². The van der Waals surface area contributed by atoms with Crippen LogP contribution in [0.3, 0.4) is 0 Å². The van der Waals surface area contributed by atoms with Gasteiger partial charge in [0.25, 0.3) is 0 Å². The van der Waals surface area contributed by atoms with Crippen molar-refractivity contribution in [1.82, 2.24) is 9.80 Å². The monoisotopic (exact) mass is 268 g/mol. The minimum absolute atomic E-state index is 0.0834. The Balaban J connectivity index is 2.05. The number of carbonyl (C=O) groups is 2. The Hall–Kier alpha value is -1.26. The van der Waals surface area contributed by atoms with Crippen LogP contribution in [0, 0.1) is 5.41 Å². The molecule has 1 aliphatic heterocycles. The summed E-state index contributed by atoms with van der Waals surface area (Å²) in [4.78, 5) is 26.9. The van der Waals surface area contributed by atoms with Crippen molar-refractivity contribution >= 4 is 12.0 Å². The van der Waals surface area contributed by atoms with Crippen LogP contribution < -0.4 is 0 Å². The van der Waals surface area contributed by atoms with Gasteiger partial charge in [0.05, 0.1) is 0 Å². The number of hydrogen-bond acceptors (Lipinski definition) is 2. The quantitative estimate of drug-likeness (QED) is 0.853. The molecule has 0 unspecified atom stereocenters. The van der Waals surface area contributed by atoms with Gasteiger partial charge < -0.3 is 14.9 Å². The van der Waals surface area contributed by atoms with E-state index < -0.39 is 5.97 Å². The highest BCUT2D eigenvalue weighted by molar-refractivity contribution is 5.80. The van der Waals surface area contributed by atoms with E-state index in [1.807, 2.05) is 4.90 Å². The molecule has 0 radical (unpaired) electrons. The number of carboxylic acid groups (broad SMARTS) is 1. The molecule has 1 N–H and O–H groups in total. The lowest BCUT2D eigenvalue weighted by atomic mass is 9.93. The number of nitrogens with zero attached hydrogens (tertiary/aromatic N) is 2. The van der Waals surface area contributed by atoms with Gasteiger partial charge in [-0.05, 0) is 24.7 Å². The molecule has 1 saturated carbocycles. The molecule has 2 fully saturated rings. The van der Waals surface area contributed by atoms with Crippen molar-refractivity contribution in [2.45, 2.75) is 52.0 Å². The fourth-order valence-corrected chi connectivity index (χ4v) is 3.17. The summed E-state index contributed by atoms with van der Waals surface area (Å²) in [7, 11) is 0. The van der Waals surface area contributed by atoms with E-state index in [1.165, 1.54) is 0 Å². The van der Waals surface area contributed by atoms with Gasteiger partial charge in [0, 0.05) is 19.1 Å². The zero-order valence-corrected chi connectivity index (χ0v) is 11.9. The van der Waals surface area contributed by atoms with Crippen LogP contribution in [0.4, 0.5) is 4.79 Å². The van der Waals surface area contributed by atoms with Crippen molar-refractivity contribution in [1.29, 1.82) is 0 Å². The number of carboxylic acids is 1. The van der Waals surface area contributed by atoms with Gasteiger partial charge >= 0.3 is 12.0 Å². The van der Waals surface area contributed by atoms with Crippen molar-refractivity contribution < 1.29 is 14.7 Å². The van der Waals surface area contributed by atoms with E-state index in [4.69, 9.17) is 5.11 Å². The predicted octanol–water partition coefficient (Wildman–Crippen LogP) is 2.17. The molecule has 1 saturated heterocycles. The lowest BCUT2D eigenvalue weighted by molar-refractivity contribution is -0.138. The third-order valence-corrected chi connectivity index (χ3v) is 4.26. The maximum absolute atomic E-state index is 12.5. The molecule has 2 amide bonds. The van der Waals surface area contributed by atoms with E-state index in [2.05, 4.69) is 13.8 Å². The number of likely N-dealkylation sites (tertiary alicyclic amines) is 1. The molecule has 1 heterocycles. The highest BCUT2D eigenvalue weighted by Crippen LogP contribution is 2.31. The Kier molecular flexibility index (Phi) is 4.02. The second kappa shape index (κ2) is 5.39. The van der Waals surface area contributed by atoms with Crippen LogP contribution in [-0.2, 0) is 4.79 Å². The fourth-order valence-electron chi connectivity index (χ4n) is 3.17. The Morgan fingerprint density at radius 3 is 2.42 bits per heavy atom. The first-order valence-electron chi connectivity index (χ1n) is 7.16. The minimum atomic E-state index is -0.918. The largest absolute Gasteiger partial charge is 0.480 e. The topological polar surface area (TPSA) is 60.9 Å². The summed E-state index contributed by atoms with van der Waals surface area (Å²) in [6, 6.07) is 0.0344. The zero-order chi connectivity index (χ0) is 14.0. The Bertz CT molecular complexity index is 362. The third kappa shape index (κ3) is 3.39. The molecule has 2 rings (SSSR count). The van der Waals surface area contributed by atoms with Gasteiger partial charge in [-0.1, -0.05) is 26.7 Å². The SMILES string of the molecule is CC1(C)CCN(C(=O)N(CC(=O)O)C2CCCC2)C1. The molecule has 5 heteroatoms. The van der Waals surface area contributed by atoms with Crippen LogP contribution in [0.25, 0.3) is 0 Å². The second-order valence-electron chi connectivity index (χ2n) is 6.58. The molecule has 5 nitrogen and oxygen atoms in total. The highest BCUT2D eigenvalue weighted by Gasteiger charge is 2.37. The summed E-state index contributed by atoms with van der Waals surface area (Å²) in [6.45, 7) is 5.61. The maximum Gasteiger partial charge on any atom is 0.323 e. The third-order valence-electron chi connectivity index (χ3n) is 4.26. The van der Waals surface area contributed by atoms with Gasteiger partial charge in [-0.2, -0.15) is 0 Å². The number of rotatable bonds is 3. The van der Waals surface area contributed by atoms with Gasteiger partial charge in [0.2, 0.25) is 0 Å². The van der Waals surface area contributed by atoms with Gasteiger partial charge in [-0.25, -0.2) is 4.79 Å². The van der Waals surface area contributed by atoms with E-state index >= 15 is 0 Å². The molecule has 0 aromatic carbocycles. The van der Waals surface area contributed by atoms with E-state index in [0.29, 0.717) is 0 Å². The first-order chi connectivity index (χ1) is 8.89. The smallest absolute Gasteiger partial charge is 0.323 e. The summed E-state index contributed by atoms with van der Waals surface area (Å²) in [5.74, 6) is -0.918. The Morgan fingerprint density at radius 1 is 1.32 bits per heavy atom. The van der Waals surface area contributed by atoms with E-state index in [1.54, 1.807) is 4.90 Å². The molecular formula is C14H24N2O3. The maximum atomic E-state index is 12.5. The van der Waals surface area contributed by atoms with Gasteiger partial charge in [0.15, 0.2) is 0 Å². The normalized spacial score (nSPS) is 22.7. The lowest BCUT2D eigenvalue weighted by Gasteiger charge is -2.32. The zero-order valence-electron chi connectivity index (χ0n) is 11.9. The van der Waals surface area contributed by atoms with Crippen molar-refractivity contribution in [2.24, 2.45) is 5.41 Å². The summed E-state index contributed by atoms with van der Waals surface area (Å²) in [5.41, 5.74) is 0.153. The molecule has 0 bridgehead atoms. The predicted molar refractivity (Wildman–Crippen MR) is 72.0 cm³/mol. The second-order valence-corrected chi connectivity index (χ2v) is 6.58. The summed E-state index contributed by atoms with van der Waals surface area (Å²) < 4.78 is 0. The number of carbonyl (C=O) groups excluding carboxylic acids is 1. The van der Waals surface area contributed by atoms with E-state index in [0.717, 1.165) is 45.2 Å². The van der Waals surface area contributed by atoms with Gasteiger partial charge in [-0.3, -0.25) is 4.79 Å². The van der Waals surface area contributed by atoms with Crippen molar-refractivity contribution in [2.75, 3.05) is 19.6 Å². The average Bonchev–Trinajstić information content (AvgIpc) is 2.94. The highest BCUT2D eigenvalue weighted by atomic mass is 16.4. The van der Waals surface area contributed by atoms with Crippen molar-refractivity contribution in [3.63, 3.8) is 0 Å².